The van der Waals surface area contributed by atoms with Gasteiger partial charge in [-0.3, -0.25) is 9.78 Å². The summed E-state index contributed by atoms with van der Waals surface area (Å²) in [6.45, 7) is 2.03. The smallest absolute Gasteiger partial charge is 0.257 e. The van der Waals surface area contributed by atoms with E-state index < -0.39 is 0 Å². The summed E-state index contributed by atoms with van der Waals surface area (Å²) in [5, 5.41) is 3.93. The third-order valence-electron chi connectivity index (χ3n) is 4.47. The molecule has 1 amide bonds. The average Bonchev–Trinajstić information content (AvgIpc) is 3.06. The van der Waals surface area contributed by atoms with Crippen molar-refractivity contribution in [3.8, 4) is 0 Å². The van der Waals surface area contributed by atoms with Crippen molar-refractivity contribution < 1.29 is 4.79 Å². The number of hydrogen-bond donors (Lipinski definition) is 2. The number of nitrogens with zero attached hydrogens (tertiary/aromatic N) is 3. The number of halogens is 1. The SMILES string of the molecule is O=C(Nc1c[nH]c2ncc(Br)c(N3CCCCC3)c12)c1cccnc1. The number of aromatic nitrogens is 3. The number of pyridine rings is 2. The molecule has 2 N–H and O–H groups in total. The summed E-state index contributed by atoms with van der Waals surface area (Å²) in [6.07, 6.45) is 10.4. The van der Waals surface area contributed by atoms with Gasteiger partial charge in [-0.1, -0.05) is 0 Å². The van der Waals surface area contributed by atoms with E-state index in [9.17, 15) is 4.79 Å². The molecule has 0 radical (unpaired) electrons. The number of amides is 1. The van der Waals surface area contributed by atoms with Crippen LogP contribution in [-0.2, 0) is 0 Å². The number of rotatable bonds is 3. The number of nitrogens with one attached hydrogen (secondary N) is 2. The molecule has 1 fully saturated rings. The Kier molecular flexibility index (Phi) is 4.40. The lowest BCUT2D eigenvalue weighted by Crippen LogP contribution is -2.30. The van der Waals surface area contributed by atoms with E-state index in [0.717, 1.165) is 40.0 Å². The Balaban J connectivity index is 1.74. The number of anilines is 2. The van der Waals surface area contributed by atoms with Crippen LogP contribution in [0.2, 0.25) is 0 Å². The molecule has 4 heterocycles. The number of aromatic amines is 1. The lowest BCUT2D eigenvalue weighted by Gasteiger charge is -2.30. The van der Waals surface area contributed by atoms with Gasteiger partial charge in [0.15, 0.2) is 0 Å². The highest BCUT2D eigenvalue weighted by atomic mass is 79.9. The Bertz CT molecular complexity index is 902. The summed E-state index contributed by atoms with van der Waals surface area (Å²) < 4.78 is 0.943. The summed E-state index contributed by atoms with van der Waals surface area (Å²) in [5.41, 5.74) is 3.12. The molecule has 6 nitrogen and oxygen atoms in total. The first-order chi connectivity index (χ1) is 12.2. The zero-order chi connectivity index (χ0) is 17.2. The van der Waals surface area contributed by atoms with Crippen LogP contribution in [0, 0.1) is 0 Å². The molecule has 0 aromatic carbocycles. The predicted octanol–water partition coefficient (Wildman–Crippen LogP) is 3.96. The van der Waals surface area contributed by atoms with E-state index >= 15 is 0 Å². The maximum atomic E-state index is 12.5. The molecule has 0 spiro atoms. The molecule has 3 aromatic rings. The molecule has 0 saturated carbocycles. The fourth-order valence-corrected chi connectivity index (χ4v) is 3.82. The fraction of sp³-hybridized carbons (Fsp3) is 0.278. The minimum absolute atomic E-state index is 0.182. The zero-order valence-corrected chi connectivity index (χ0v) is 15.2. The highest BCUT2D eigenvalue weighted by molar-refractivity contribution is 9.10. The standard InChI is InChI=1S/C18H18BrN5O/c19-13-10-21-17-15(16(13)24-7-2-1-3-8-24)14(11-22-17)23-18(25)12-5-4-6-20-9-12/h4-6,9-11H,1-3,7-8H2,(H,21,22)(H,23,25). The van der Waals surface area contributed by atoms with E-state index in [1.165, 1.54) is 19.3 Å². The van der Waals surface area contributed by atoms with Crippen LogP contribution in [0.5, 0.6) is 0 Å². The Hall–Kier alpha value is -2.41. The zero-order valence-electron chi connectivity index (χ0n) is 13.6. The van der Waals surface area contributed by atoms with Gasteiger partial charge in [-0.25, -0.2) is 4.98 Å². The van der Waals surface area contributed by atoms with Crippen LogP contribution in [0.1, 0.15) is 29.6 Å². The summed E-state index contributed by atoms with van der Waals surface area (Å²) in [7, 11) is 0. The third-order valence-corrected chi connectivity index (χ3v) is 5.05. The molecule has 3 aromatic heterocycles. The Morgan fingerprint density at radius 1 is 1.24 bits per heavy atom. The fourth-order valence-electron chi connectivity index (χ4n) is 3.27. The lowest BCUT2D eigenvalue weighted by atomic mass is 10.1. The number of hydrogen-bond acceptors (Lipinski definition) is 4. The maximum absolute atomic E-state index is 12.5. The number of carbonyl (C=O) groups is 1. The highest BCUT2D eigenvalue weighted by Crippen LogP contribution is 2.38. The van der Waals surface area contributed by atoms with Gasteiger partial charge in [-0.05, 0) is 47.3 Å². The molecule has 7 heteroatoms. The molecular formula is C18H18BrN5O. The molecule has 1 aliphatic heterocycles. The van der Waals surface area contributed by atoms with E-state index in [1.807, 2.05) is 6.20 Å². The molecule has 0 unspecified atom stereocenters. The molecular weight excluding hydrogens is 382 g/mol. The van der Waals surface area contributed by atoms with Gasteiger partial charge in [-0.15, -0.1) is 0 Å². The van der Waals surface area contributed by atoms with E-state index in [4.69, 9.17) is 0 Å². The average molecular weight is 400 g/mol. The molecule has 0 atom stereocenters. The lowest BCUT2D eigenvalue weighted by molar-refractivity contribution is 0.102. The molecule has 128 valence electrons. The number of H-pyrrole nitrogens is 1. The van der Waals surface area contributed by atoms with E-state index in [-0.39, 0.29) is 5.91 Å². The van der Waals surface area contributed by atoms with Crippen molar-refractivity contribution in [3.05, 3.63) is 47.0 Å². The van der Waals surface area contributed by atoms with Crippen molar-refractivity contribution in [2.45, 2.75) is 19.3 Å². The van der Waals surface area contributed by atoms with E-state index in [1.54, 1.807) is 30.7 Å². The van der Waals surface area contributed by atoms with Crippen LogP contribution in [0.25, 0.3) is 11.0 Å². The topological polar surface area (TPSA) is 73.9 Å². The monoisotopic (exact) mass is 399 g/mol. The van der Waals surface area contributed by atoms with Gasteiger partial charge in [-0.2, -0.15) is 0 Å². The summed E-state index contributed by atoms with van der Waals surface area (Å²) >= 11 is 3.64. The number of fused-ring (bicyclic) bond motifs is 1. The Labute approximate surface area is 153 Å². The van der Waals surface area contributed by atoms with Gasteiger partial charge in [0.05, 0.1) is 26.8 Å². The predicted molar refractivity (Wildman–Crippen MR) is 102 cm³/mol. The minimum atomic E-state index is -0.182. The second-order valence-corrected chi connectivity index (χ2v) is 6.98. The van der Waals surface area contributed by atoms with Gasteiger partial charge in [0.25, 0.3) is 5.91 Å². The van der Waals surface area contributed by atoms with Crippen molar-refractivity contribution in [1.82, 2.24) is 15.0 Å². The molecule has 1 aliphatic rings. The molecule has 0 bridgehead atoms. The van der Waals surface area contributed by atoms with E-state index in [2.05, 4.69) is 41.1 Å². The molecule has 4 rings (SSSR count). The minimum Gasteiger partial charge on any atom is -0.370 e. The van der Waals surface area contributed by atoms with E-state index in [0.29, 0.717) is 5.56 Å². The van der Waals surface area contributed by atoms with Crippen molar-refractivity contribution in [2.75, 3.05) is 23.3 Å². The molecule has 25 heavy (non-hydrogen) atoms. The Morgan fingerprint density at radius 3 is 2.84 bits per heavy atom. The van der Waals surface area contributed by atoms with Crippen molar-refractivity contribution >= 4 is 44.2 Å². The second kappa shape index (κ2) is 6.84. The van der Waals surface area contributed by atoms with Crippen LogP contribution >= 0.6 is 15.9 Å². The van der Waals surface area contributed by atoms with Crippen LogP contribution in [-0.4, -0.2) is 33.9 Å². The first-order valence-electron chi connectivity index (χ1n) is 8.36. The van der Waals surface area contributed by atoms with Crippen molar-refractivity contribution in [2.24, 2.45) is 0 Å². The van der Waals surface area contributed by atoms with Gasteiger partial charge < -0.3 is 15.2 Å². The summed E-state index contributed by atoms with van der Waals surface area (Å²) in [4.78, 5) is 26.5. The number of carbonyl (C=O) groups excluding carboxylic acids is 1. The van der Waals surface area contributed by atoms with Gasteiger partial charge in [0.2, 0.25) is 0 Å². The van der Waals surface area contributed by atoms with Gasteiger partial charge >= 0.3 is 0 Å². The van der Waals surface area contributed by atoms with Crippen molar-refractivity contribution in [3.63, 3.8) is 0 Å². The normalized spacial score (nSPS) is 14.7. The third kappa shape index (κ3) is 3.11. The van der Waals surface area contributed by atoms with Gasteiger partial charge in [0.1, 0.15) is 5.65 Å². The molecule has 0 aliphatic carbocycles. The van der Waals surface area contributed by atoms with Crippen LogP contribution in [0.3, 0.4) is 0 Å². The number of piperidine rings is 1. The second-order valence-electron chi connectivity index (χ2n) is 6.12. The summed E-state index contributed by atoms with van der Waals surface area (Å²) in [6, 6.07) is 3.50. The van der Waals surface area contributed by atoms with Crippen LogP contribution in [0.4, 0.5) is 11.4 Å². The maximum Gasteiger partial charge on any atom is 0.257 e. The quantitative estimate of drug-likeness (QED) is 0.698. The van der Waals surface area contributed by atoms with Crippen LogP contribution in [0.15, 0.2) is 41.4 Å². The van der Waals surface area contributed by atoms with Crippen LogP contribution < -0.4 is 10.2 Å². The highest BCUT2D eigenvalue weighted by Gasteiger charge is 2.21. The Morgan fingerprint density at radius 2 is 2.08 bits per heavy atom. The first kappa shape index (κ1) is 16.1. The van der Waals surface area contributed by atoms with Crippen molar-refractivity contribution in [1.29, 1.82) is 0 Å². The molecule has 1 saturated heterocycles. The first-order valence-corrected chi connectivity index (χ1v) is 9.15. The van der Waals surface area contributed by atoms with Gasteiger partial charge in [0, 0.05) is 37.9 Å². The summed E-state index contributed by atoms with van der Waals surface area (Å²) in [5.74, 6) is -0.182. The largest absolute Gasteiger partial charge is 0.370 e.